The van der Waals surface area contributed by atoms with Crippen molar-refractivity contribution in [1.29, 1.82) is 0 Å². The van der Waals surface area contributed by atoms with Crippen molar-refractivity contribution < 1.29 is 0 Å². The van der Waals surface area contributed by atoms with Crippen LogP contribution in [0.25, 0.3) is 0 Å². The first-order valence-electron chi connectivity index (χ1n) is 4.74. The van der Waals surface area contributed by atoms with Crippen molar-refractivity contribution >= 4 is 6.21 Å². The maximum Gasteiger partial charge on any atom is 0.137 e. The predicted molar refractivity (Wildman–Crippen MR) is 57.5 cm³/mol. The van der Waals surface area contributed by atoms with Gasteiger partial charge in [0.05, 0.1) is 5.70 Å². The minimum Gasteiger partial charge on any atom is -0.302 e. The molecule has 14 heavy (non-hydrogen) atoms. The topological polar surface area (TPSA) is 15.6 Å². The van der Waals surface area contributed by atoms with Crippen LogP contribution in [0, 0.1) is 0 Å². The number of hydrogen-bond acceptors (Lipinski definition) is 2. The molecule has 0 aromatic heterocycles. The third-order valence-electron chi connectivity index (χ3n) is 2.49. The first-order valence-corrected chi connectivity index (χ1v) is 4.74. The summed E-state index contributed by atoms with van der Waals surface area (Å²) in [5.41, 5.74) is 2.51. The minimum atomic E-state index is 0.998. The van der Waals surface area contributed by atoms with Gasteiger partial charge in [0, 0.05) is 12.4 Å². The van der Waals surface area contributed by atoms with Crippen LogP contribution in [0.1, 0.15) is 6.42 Å². The Balaban J connectivity index is 2.12. The van der Waals surface area contributed by atoms with E-state index in [1.165, 1.54) is 11.3 Å². The van der Waals surface area contributed by atoms with Crippen molar-refractivity contribution in [2.75, 3.05) is 0 Å². The highest BCUT2D eigenvalue weighted by molar-refractivity contribution is 5.74. The number of aliphatic imine (C=N–C) groups is 1. The standard InChI is InChI=1S/C12H10N2/c1-2-5-11-10(4-1)6-7-12-13-8-3-9-14(11)12/h1,3-9H,2H2. The molecule has 0 unspecified atom stereocenters. The summed E-state index contributed by atoms with van der Waals surface area (Å²) in [6, 6.07) is 0. The number of hydrogen-bond donors (Lipinski definition) is 0. The Hall–Kier alpha value is -1.83. The lowest BCUT2D eigenvalue weighted by molar-refractivity contribution is 0.566. The smallest absolute Gasteiger partial charge is 0.137 e. The molecule has 0 aromatic carbocycles. The summed E-state index contributed by atoms with van der Waals surface area (Å²) in [5.74, 6) is 0.998. The Morgan fingerprint density at radius 2 is 2.29 bits per heavy atom. The van der Waals surface area contributed by atoms with Crippen LogP contribution in [0.4, 0.5) is 0 Å². The lowest BCUT2D eigenvalue weighted by Gasteiger charge is -2.30. The summed E-state index contributed by atoms with van der Waals surface area (Å²) in [6.45, 7) is 0. The molecule has 0 saturated carbocycles. The highest BCUT2D eigenvalue weighted by Crippen LogP contribution is 2.30. The van der Waals surface area contributed by atoms with Gasteiger partial charge in [-0.1, -0.05) is 18.2 Å². The maximum absolute atomic E-state index is 4.31. The zero-order valence-corrected chi connectivity index (χ0v) is 7.72. The Bertz CT molecular complexity index is 445. The molecule has 1 aliphatic carbocycles. The minimum absolute atomic E-state index is 0.998. The normalized spacial score (nSPS) is 22.3. The second kappa shape index (κ2) is 2.84. The number of nitrogens with zero attached hydrogens (tertiary/aromatic N) is 2. The molecule has 0 radical (unpaired) electrons. The van der Waals surface area contributed by atoms with E-state index in [-0.39, 0.29) is 0 Å². The Labute approximate surface area is 82.9 Å². The van der Waals surface area contributed by atoms with Crippen molar-refractivity contribution in [3.8, 4) is 0 Å². The monoisotopic (exact) mass is 182 g/mol. The largest absolute Gasteiger partial charge is 0.302 e. The van der Waals surface area contributed by atoms with E-state index in [9.17, 15) is 0 Å². The average Bonchev–Trinajstić information content (AvgIpc) is 2.29. The SMILES string of the molecule is C1=CN2C(=CC=C3C=CCC=C32)N=C1. The van der Waals surface area contributed by atoms with E-state index in [0.717, 1.165) is 12.2 Å². The van der Waals surface area contributed by atoms with E-state index < -0.39 is 0 Å². The van der Waals surface area contributed by atoms with Gasteiger partial charge in [0.25, 0.3) is 0 Å². The van der Waals surface area contributed by atoms with Gasteiger partial charge in [0.15, 0.2) is 0 Å². The van der Waals surface area contributed by atoms with Crippen molar-refractivity contribution in [1.82, 2.24) is 4.90 Å². The first kappa shape index (κ1) is 7.56. The fourth-order valence-corrected chi connectivity index (χ4v) is 1.83. The fraction of sp³-hybridized carbons (Fsp3) is 0.0833. The van der Waals surface area contributed by atoms with Crippen molar-refractivity contribution in [2.45, 2.75) is 6.42 Å². The summed E-state index contributed by atoms with van der Waals surface area (Å²) < 4.78 is 0. The molecule has 0 atom stereocenters. The molecule has 3 aliphatic rings. The predicted octanol–water partition coefficient (Wildman–Crippen LogP) is 2.51. The Morgan fingerprint density at radius 3 is 3.29 bits per heavy atom. The number of rotatable bonds is 0. The van der Waals surface area contributed by atoms with E-state index in [2.05, 4.69) is 40.4 Å². The average molecular weight is 182 g/mol. The molecule has 0 N–H and O–H groups in total. The van der Waals surface area contributed by atoms with Gasteiger partial charge >= 0.3 is 0 Å². The van der Waals surface area contributed by atoms with Gasteiger partial charge in [0.1, 0.15) is 5.82 Å². The zero-order valence-electron chi connectivity index (χ0n) is 7.72. The van der Waals surface area contributed by atoms with Crippen LogP contribution in [-0.2, 0) is 0 Å². The van der Waals surface area contributed by atoms with Crippen LogP contribution in [0.15, 0.2) is 64.7 Å². The molecule has 0 aromatic rings. The molecular formula is C12H10N2. The van der Waals surface area contributed by atoms with E-state index >= 15 is 0 Å². The Morgan fingerprint density at radius 1 is 1.29 bits per heavy atom. The second-order valence-corrected chi connectivity index (χ2v) is 3.36. The van der Waals surface area contributed by atoms with E-state index in [1.807, 2.05) is 18.4 Å². The molecule has 2 heterocycles. The van der Waals surface area contributed by atoms with Gasteiger partial charge in [-0.05, 0) is 30.2 Å². The van der Waals surface area contributed by atoms with Crippen molar-refractivity contribution in [3.05, 3.63) is 59.7 Å². The van der Waals surface area contributed by atoms with Crippen LogP contribution in [0.2, 0.25) is 0 Å². The molecule has 3 rings (SSSR count). The van der Waals surface area contributed by atoms with Gasteiger partial charge in [-0.25, -0.2) is 4.99 Å². The first-order chi connectivity index (χ1) is 6.95. The molecule has 0 saturated heterocycles. The molecule has 2 heteroatoms. The third kappa shape index (κ3) is 1.01. The quantitative estimate of drug-likeness (QED) is 0.562. The van der Waals surface area contributed by atoms with Gasteiger partial charge in [-0.2, -0.15) is 0 Å². The van der Waals surface area contributed by atoms with Gasteiger partial charge < -0.3 is 4.90 Å². The highest BCUT2D eigenvalue weighted by Gasteiger charge is 2.19. The molecule has 2 nitrogen and oxygen atoms in total. The summed E-state index contributed by atoms with van der Waals surface area (Å²) in [5, 5.41) is 0. The molecule has 0 spiro atoms. The number of allylic oxidation sites excluding steroid dienone is 6. The summed E-state index contributed by atoms with van der Waals surface area (Å²) in [4.78, 5) is 6.43. The van der Waals surface area contributed by atoms with Crippen LogP contribution in [0.5, 0.6) is 0 Å². The summed E-state index contributed by atoms with van der Waals surface area (Å²) in [7, 11) is 0. The fourth-order valence-electron chi connectivity index (χ4n) is 1.83. The summed E-state index contributed by atoms with van der Waals surface area (Å²) in [6.07, 6.45) is 17.6. The molecule has 68 valence electrons. The van der Waals surface area contributed by atoms with E-state index in [1.54, 1.807) is 0 Å². The summed E-state index contributed by atoms with van der Waals surface area (Å²) >= 11 is 0. The molecule has 0 bridgehead atoms. The second-order valence-electron chi connectivity index (χ2n) is 3.36. The highest BCUT2D eigenvalue weighted by atomic mass is 15.2. The van der Waals surface area contributed by atoms with Gasteiger partial charge in [0.2, 0.25) is 0 Å². The molecular weight excluding hydrogens is 172 g/mol. The zero-order chi connectivity index (χ0) is 9.38. The lowest BCUT2D eigenvalue weighted by atomic mass is 10.0. The van der Waals surface area contributed by atoms with E-state index in [0.29, 0.717) is 0 Å². The van der Waals surface area contributed by atoms with Crippen LogP contribution in [-0.4, -0.2) is 11.1 Å². The Kier molecular flexibility index (Phi) is 1.53. The lowest BCUT2D eigenvalue weighted by Crippen LogP contribution is -2.21. The van der Waals surface area contributed by atoms with Crippen molar-refractivity contribution in [3.63, 3.8) is 0 Å². The molecule has 2 aliphatic heterocycles. The maximum atomic E-state index is 4.31. The number of fused-ring (bicyclic) bond motifs is 3. The molecule has 0 amide bonds. The van der Waals surface area contributed by atoms with Crippen LogP contribution in [0.3, 0.4) is 0 Å². The van der Waals surface area contributed by atoms with Crippen LogP contribution >= 0.6 is 0 Å². The van der Waals surface area contributed by atoms with E-state index in [4.69, 9.17) is 0 Å². The van der Waals surface area contributed by atoms with Gasteiger partial charge in [-0.15, -0.1) is 0 Å². The van der Waals surface area contributed by atoms with Gasteiger partial charge in [-0.3, -0.25) is 0 Å². The van der Waals surface area contributed by atoms with Crippen molar-refractivity contribution in [2.24, 2.45) is 4.99 Å². The molecule has 0 fully saturated rings. The third-order valence-corrected chi connectivity index (χ3v) is 2.49. The van der Waals surface area contributed by atoms with Crippen LogP contribution < -0.4 is 0 Å².